The lowest BCUT2D eigenvalue weighted by atomic mass is 9.90. The molecule has 2 heterocycles. The van der Waals surface area contributed by atoms with E-state index in [4.69, 9.17) is 0 Å². The quantitative estimate of drug-likeness (QED) is 0.767. The molecule has 0 fully saturated rings. The van der Waals surface area contributed by atoms with E-state index in [1.807, 2.05) is 41.3 Å². The van der Waals surface area contributed by atoms with Crippen LogP contribution in [0.1, 0.15) is 22.7 Å². The van der Waals surface area contributed by atoms with Crippen LogP contribution in [0, 0.1) is 0 Å². The third-order valence-electron chi connectivity index (χ3n) is 3.88. The summed E-state index contributed by atoms with van der Waals surface area (Å²) in [5.41, 5.74) is 4.48. The molecule has 0 aliphatic carbocycles. The predicted octanol–water partition coefficient (Wildman–Crippen LogP) is 3.53. The summed E-state index contributed by atoms with van der Waals surface area (Å²) in [5.74, 6) is 0.0552. The molecule has 0 N–H and O–H groups in total. The Morgan fingerprint density at radius 1 is 0.850 bits per heavy atom. The fourth-order valence-corrected chi connectivity index (χ4v) is 2.99. The van der Waals surface area contributed by atoms with E-state index >= 15 is 0 Å². The Morgan fingerprint density at radius 2 is 1.60 bits per heavy atom. The minimum absolute atomic E-state index is 0.0325. The zero-order chi connectivity index (χ0) is 13.5. The number of fused-ring (bicyclic) bond motifs is 2. The number of carbonyl (C=O) groups is 1. The molecule has 0 spiro atoms. The first-order valence-electron chi connectivity index (χ1n) is 6.71. The summed E-state index contributed by atoms with van der Waals surface area (Å²) in [5, 5.41) is 0. The van der Waals surface area contributed by atoms with E-state index in [-0.39, 0.29) is 11.9 Å². The van der Waals surface area contributed by atoms with Crippen LogP contribution in [0.4, 0.5) is 0 Å². The van der Waals surface area contributed by atoms with Gasteiger partial charge in [0.05, 0.1) is 6.04 Å². The Balaban J connectivity index is 1.96. The number of allylic oxidation sites excluding steroid dienone is 1. The maximum absolute atomic E-state index is 12.2. The summed E-state index contributed by atoms with van der Waals surface area (Å²) in [7, 11) is 0. The lowest BCUT2D eigenvalue weighted by Crippen LogP contribution is -2.32. The van der Waals surface area contributed by atoms with Gasteiger partial charge in [0.15, 0.2) is 0 Å². The molecule has 0 radical (unpaired) electrons. The van der Waals surface area contributed by atoms with Crippen molar-refractivity contribution < 1.29 is 4.79 Å². The number of rotatable bonds is 1. The van der Waals surface area contributed by atoms with Crippen LogP contribution in [0.2, 0.25) is 0 Å². The van der Waals surface area contributed by atoms with E-state index < -0.39 is 0 Å². The topological polar surface area (TPSA) is 20.3 Å². The molecule has 1 atom stereocenters. The summed E-state index contributed by atoms with van der Waals surface area (Å²) in [6, 6.07) is 18.4. The van der Waals surface area contributed by atoms with Crippen LogP contribution >= 0.6 is 0 Å². The molecule has 96 valence electrons. The van der Waals surface area contributed by atoms with Gasteiger partial charge >= 0.3 is 0 Å². The second kappa shape index (κ2) is 4.20. The largest absolute Gasteiger partial charge is 0.297 e. The normalized spacial score (nSPS) is 19.6. The van der Waals surface area contributed by atoms with E-state index in [2.05, 4.69) is 30.3 Å². The summed E-state index contributed by atoms with van der Waals surface area (Å²) in [6.45, 7) is 0. The van der Waals surface area contributed by atoms with Crippen molar-refractivity contribution in [1.29, 1.82) is 0 Å². The number of hydrogen-bond acceptors (Lipinski definition) is 1. The summed E-state index contributed by atoms with van der Waals surface area (Å²) < 4.78 is 0. The van der Waals surface area contributed by atoms with Gasteiger partial charge in [-0.05, 0) is 28.8 Å². The molecular weight excluding hydrogens is 246 g/mol. The number of carbonyl (C=O) groups excluding carboxylic acids is 1. The molecule has 2 nitrogen and oxygen atoms in total. The van der Waals surface area contributed by atoms with Crippen molar-refractivity contribution in [2.45, 2.75) is 6.04 Å². The second-order valence-corrected chi connectivity index (χ2v) is 5.05. The Labute approximate surface area is 117 Å². The summed E-state index contributed by atoms with van der Waals surface area (Å²) >= 11 is 0. The molecule has 0 aromatic heterocycles. The molecule has 20 heavy (non-hydrogen) atoms. The van der Waals surface area contributed by atoms with Crippen molar-refractivity contribution in [3.05, 3.63) is 89.1 Å². The lowest BCUT2D eigenvalue weighted by molar-refractivity contribution is -0.124. The van der Waals surface area contributed by atoms with Crippen LogP contribution < -0.4 is 0 Å². The van der Waals surface area contributed by atoms with Crippen molar-refractivity contribution in [2.24, 2.45) is 0 Å². The summed E-state index contributed by atoms with van der Waals surface area (Å²) in [4.78, 5) is 14.1. The van der Waals surface area contributed by atoms with Crippen LogP contribution in [0.5, 0.6) is 0 Å². The molecule has 2 aliphatic heterocycles. The van der Waals surface area contributed by atoms with Crippen LogP contribution in [-0.4, -0.2) is 10.8 Å². The Kier molecular flexibility index (Phi) is 2.36. The third-order valence-corrected chi connectivity index (χ3v) is 3.88. The molecular formula is C18H13NO. The smallest absolute Gasteiger partial charge is 0.251 e. The van der Waals surface area contributed by atoms with Gasteiger partial charge in [-0.1, -0.05) is 54.6 Å². The van der Waals surface area contributed by atoms with Gasteiger partial charge in [-0.15, -0.1) is 0 Å². The predicted molar refractivity (Wildman–Crippen MR) is 78.7 cm³/mol. The average Bonchev–Trinajstić information content (AvgIpc) is 2.87. The van der Waals surface area contributed by atoms with E-state index in [1.54, 1.807) is 6.08 Å². The molecule has 0 bridgehead atoms. The van der Waals surface area contributed by atoms with Crippen LogP contribution in [-0.2, 0) is 4.79 Å². The number of nitrogens with zero attached hydrogens (tertiary/aromatic N) is 1. The van der Waals surface area contributed by atoms with Gasteiger partial charge in [0.1, 0.15) is 0 Å². The highest BCUT2D eigenvalue weighted by atomic mass is 16.2. The third kappa shape index (κ3) is 1.55. The fraction of sp³-hybridized carbons (Fsp3) is 0.0556. The first-order valence-corrected chi connectivity index (χ1v) is 6.71. The average molecular weight is 259 g/mol. The van der Waals surface area contributed by atoms with Gasteiger partial charge in [-0.3, -0.25) is 9.69 Å². The minimum atomic E-state index is -0.0325. The SMILES string of the molecule is O=C1C=CC2=Cc3ccccc3C(c3ccccc3)N12. The first kappa shape index (κ1) is 11.2. The molecule has 1 amide bonds. The maximum atomic E-state index is 12.2. The monoisotopic (exact) mass is 259 g/mol. The highest BCUT2D eigenvalue weighted by Crippen LogP contribution is 2.40. The van der Waals surface area contributed by atoms with E-state index in [9.17, 15) is 4.79 Å². The van der Waals surface area contributed by atoms with Crippen molar-refractivity contribution >= 4 is 12.0 Å². The van der Waals surface area contributed by atoms with Crippen LogP contribution in [0.15, 0.2) is 72.4 Å². The first-order chi connectivity index (χ1) is 9.84. The molecule has 0 saturated heterocycles. The molecule has 2 aliphatic rings. The Bertz CT molecular complexity index is 743. The van der Waals surface area contributed by atoms with Gasteiger partial charge in [0.25, 0.3) is 5.91 Å². The van der Waals surface area contributed by atoms with Gasteiger partial charge < -0.3 is 0 Å². The summed E-state index contributed by atoms with van der Waals surface area (Å²) in [6.07, 6.45) is 5.62. The fourth-order valence-electron chi connectivity index (χ4n) is 2.99. The Hall–Kier alpha value is -2.61. The number of amides is 1. The maximum Gasteiger partial charge on any atom is 0.251 e. The van der Waals surface area contributed by atoms with E-state index in [0.29, 0.717) is 0 Å². The molecule has 1 unspecified atom stereocenters. The van der Waals surface area contributed by atoms with E-state index in [0.717, 1.165) is 11.3 Å². The second-order valence-electron chi connectivity index (χ2n) is 5.05. The van der Waals surface area contributed by atoms with Crippen molar-refractivity contribution in [1.82, 2.24) is 4.90 Å². The van der Waals surface area contributed by atoms with Gasteiger partial charge in [-0.25, -0.2) is 0 Å². The molecule has 2 aromatic carbocycles. The number of hydrogen-bond donors (Lipinski definition) is 0. The lowest BCUT2D eigenvalue weighted by Gasteiger charge is -2.34. The number of benzene rings is 2. The standard InChI is InChI=1S/C18H13NO/c20-17-11-10-15-12-14-8-4-5-9-16(14)18(19(15)17)13-6-2-1-3-7-13/h1-12,18H. The highest BCUT2D eigenvalue weighted by Gasteiger charge is 2.34. The van der Waals surface area contributed by atoms with Crippen molar-refractivity contribution in [2.75, 3.05) is 0 Å². The molecule has 0 saturated carbocycles. The zero-order valence-corrected chi connectivity index (χ0v) is 10.9. The van der Waals surface area contributed by atoms with Gasteiger partial charge in [0, 0.05) is 11.8 Å². The molecule has 2 aromatic rings. The van der Waals surface area contributed by atoms with Crippen molar-refractivity contribution in [3.63, 3.8) is 0 Å². The zero-order valence-electron chi connectivity index (χ0n) is 10.9. The van der Waals surface area contributed by atoms with Crippen LogP contribution in [0.3, 0.4) is 0 Å². The van der Waals surface area contributed by atoms with E-state index in [1.165, 1.54) is 11.1 Å². The highest BCUT2D eigenvalue weighted by molar-refractivity contribution is 5.96. The van der Waals surface area contributed by atoms with Gasteiger partial charge in [0.2, 0.25) is 0 Å². The molecule has 2 heteroatoms. The molecule has 4 rings (SSSR count). The minimum Gasteiger partial charge on any atom is -0.297 e. The van der Waals surface area contributed by atoms with Crippen molar-refractivity contribution in [3.8, 4) is 0 Å². The Morgan fingerprint density at radius 3 is 2.45 bits per heavy atom. The van der Waals surface area contributed by atoms with Crippen LogP contribution in [0.25, 0.3) is 6.08 Å². The van der Waals surface area contributed by atoms with Gasteiger partial charge in [-0.2, -0.15) is 0 Å².